The zero-order valence-electron chi connectivity index (χ0n) is 6.54. The summed E-state index contributed by atoms with van der Waals surface area (Å²) in [7, 11) is 0. The number of nitrogens with zero attached hydrogens (tertiary/aromatic N) is 1. The lowest BCUT2D eigenvalue weighted by atomic mass is 9.95. The van der Waals surface area contributed by atoms with Gasteiger partial charge in [-0.1, -0.05) is 0 Å². The van der Waals surface area contributed by atoms with Crippen LogP contribution in [0.25, 0.3) is 0 Å². The van der Waals surface area contributed by atoms with Gasteiger partial charge < -0.3 is 4.74 Å². The molecule has 0 bridgehead atoms. The van der Waals surface area contributed by atoms with Crippen LogP contribution >= 0.6 is 0 Å². The molecule has 3 nitrogen and oxygen atoms in total. The molecule has 2 unspecified atom stereocenters. The molecule has 60 valence electrons. The molecule has 3 heteroatoms. The van der Waals surface area contributed by atoms with E-state index in [1.807, 2.05) is 6.07 Å². The summed E-state index contributed by atoms with van der Waals surface area (Å²) in [6.07, 6.45) is 0.783. The number of ketones is 1. The van der Waals surface area contributed by atoms with Gasteiger partial charge >= 0.3 is 0 Å². The normalized spacial score (nSPS) is 26.0. The Morgan fingerprint density at radius 3 is 3.00 bits per heavy atom. The van der Waals surface area contributed by atoms with Gasteiger partial charge in [-0.05, 0) is 13.3 Å². The molecule has 0 aromatic rings. The first-order chi connectivity index (χ1) is 5.25. The topological polar surface area (TPSA) is 50.1 Å². The molecule has 0 radical (unpaired) electrons. The van der Waals surface area contributed by atoms with Crippen LogP contribution in [-0.4, -0.2) is 19.0 Å². The third kappa shape index (κ3) is 1.78. The van der Waals surface area contributed by atoms with Crippen molar-refractivity contribution < 1.29 is 9.53 Å². The summed E-state index contributed by atoms with van der Waals surface area (Å²) in [6, 6.07) is 1.94. The molecule has 1 saturated heterocycles. The van der Waals surface area contributed by atoms with Gasteiger partial charge in [-0.15, -0.1) is 0 Å². The molecule has 2 atom stereocenters. The molecule has 0 aromatic carbocycles. The Balaban J connectivity index is 2.47. The average molecular weight is 153 g/mol. The average Bonchev–Trinajstić information content (AvgIpc) is 2.53. The van der Waals surface area contributed by atoms with Gasteiger partial charge in [0, 0.05) is 12.5 Å². The van der Waals surface area contributed by atoms with Crippen molar-refractivity contribution in [2.45, 2.75) is 13.3 Å². The number of rotatable bonds is 2. The van der Waals surface area contributed by atoms with Crippen molar-refractivity contribution in [3.8, 4) is 6.07 Å². The summed E-state index contributed by atoms with van der Waals surface area (Å²) in [4.78, 5) is 11.3. The van der Waals surface area contributed by atoms with Gasteiger partial charge in [0.25, 0.3) is 0 Å². The number of hydrogen-bond acceptors (Lipinski definition) is 3. The third-order valence-corrected chi connectivity index (χ3v) is 1.95. The van der Waals surface area contributed by atoms with E-state index >= 15 is 0 Å². The summed E-state index contributed by atoms with van der Waals surface area (Å²) in [6.45, 7) is 2.81. The second kappa shape index (κ2) is 3.49. The second-order valence-corrected chi connectivity index (χ2v) is 2.81. The Morgan fingerprint density at radius 2 is 2.55 bits per heavy atom. The number of nitriles is 1. The van der Waals surface area contributed by atoms with Crippen molar-refractivity contribution >= 4 is 5.78 Å². The van der Waals surface area contributed by atoms with Crippen molar-refractivity contribution in [1.29, 1.82) is 5.26 Å². The van der Waals surface area contributed by atoms with E-state index in [-0.39, 0.29) is 11.7 Å². The van der Waals surface area contributed by atoms with Crippen molar-refractivity contribution in [2.24, 2.45) is 11.8 Å². The molecule has 0 N–H and O–H groups in total. The van der Waals surface area contributed by atoms with Crippen molar-refractivity contribution in [3.63, 3.8) is 0 Å². The molecule has 1 rings (SSSR count). The molecule has 0 spiro atoms. The standard InChI is InChI=1S/C8H11NO2/c1-6(4-9)8(10)7-2-3-11-5-7/h6-7H,2-3,5H2,1H3. The monoisotopic (exact) mass is 153 g/mol. The summed E-state index contributed by atoms with van der Waals surface area (Å²) in [5.74, 6) is -0.462. The number of Topliss-reactive ketones (excluding diaryl/α,β-unsaturated/α-hetero) is 1. The van der Waals surface area contributed by atoms with Crippen LogP contribution in [0.4, 0.5) is 0 Å². The molecule has 0 aromatic heterocycles. The lowest BCUT2D eigenvalue weighted by Crippen LogP contribution is -2.20. The first-order valence-electron chi connectivity index (χ1n) is 3.76. The van der Waals surface area contributed by atoms with Gasteiger partial charge in [-0.3, -0.25) is 4.79 Å². The van der Waals surface area contributed by atoms with Crippen LogP contribution in [-0.2, 0) is 9.53 Å². The minimum absolute atomic E-state index is 0.0235. The quantitative estimate of drug-likeness (QED) is 0.588. The van der Waals surface area contributed by atoms with Crippen LogP contribution in [0.1, 0.15) is 13.3 Å². The zero-order chi connectivity index (χ0) is 8.27. The zero-order valence-corrected chi connectivity index (χ0v) is 6.54. The highest BCUT2D eigenvalue weighted by molar-refractivity contribution is 5.85. The van der Waals surface area contributed by atoms with E-state index in [1.54, 1.807) is 6.92 Å². The summed E-state index contributed by atoms with van der Waals surface area (Å²) in [5.41, 5.74) is 0. The van der Waals surface area contributed by atoms with E-state index in [1.165, 1.54) is 0 Å². The van der Waals surface area contributed by atoms with E-state index in [0.29, 0.717) is 13.2 Å². The summed E-state index contributed by atoms with van der Waals surface area (Å²) < 4.78 is 5.04. The molecule has 0 aliphatic carbocycles. The van der Waals surface area contributed by atoms with Gasteiger partial charge in [-0.25, -0.2) is 0 Å². The largest absolute Gasteiger partial charge is 0.381 e. The molecule has 1 aliphatic rings. The van der Waals surface area contributed by atoms with E-state index < -0.39 is 5.92 Å². The Hall–Kier alpha value is -0.880. The highest BCUT2D eigenvalue weighted by Crippen LogP contribution is 2.17. The predicted molar refractivity (Wildman–Crippen MR) is 38.7 cm³/mol. The lowest BCUT2D eigenvalue weighted by molar-refractivity contribution is -0.124. The molecule has 0 amide bonds. The van der Waals surface area contributed by atoms with E-state index in [9.17, 15) is 4.79 Å². The van der Waals surface area contributed by atoms with Gasteiger partial charge in [0.2, 0.25) is 0 Å². The Morgan fingerprint density at radius 1 is 1.82 bits per heavy atom. The molecule has 1 aliphatic heterocycles. The van der Waals surface area contributed by atoms with Gasteiger partial charge in [0.15, 0.2) is 5.78 Å². The van der Waals surface area contributed by atoms with Gasteiger partial charge in [0.05, 0.1) is 12.7 Å². The van der Waals surface area contributed by atoms with Crippen molar-refractivity contribution in [2.75, 3.05) is 13.2 Å². The maximum atomic E-state index is 11.3. The number of hydrogen-bond donors (Lipinski definition) is 0. The lowest BCUT2D eigenvalue weighted by Gasteiger charge is -2.06. The van der Waals surface area contributed by atoms with Crippen molar-refractivity contribution in [1.82, 2.24) is 0 Å². The Labute approximate surface area is 66.0 Å². The molecule has 11 heavy (non-hydrogen) atoms. The third-order valence-electron chi connectivity index (χ3n) is 1.95. The highest BCUT2D eigenvalue weighted by atomic mass is 16.5. The number of carbonyl (C=O) groups is 1. The fraction of sp³-hybridized carbons (Fsp3) is 0.750. The second-order valence-electron chi connectivity index (χ2n) is 2.81. The molecular weight excluding hydrogens is 142 g/mol. The van der Waals surface area contributed by atoms with Gasteiger partial charge in [0.1, 0.15) is 5.92 Å². The SMILES string of the molecule is CC(C#N)C(=O)C1CCOC1. The van der Waals surface area contributed by atoms with Crippen LogP contribution in [0.3, 0.4) is 0 Å². The smallest absolute Gasteiger partial charge is 0.155 e. The summed E-state index contributed by atoms with van der Waals surface area (Å²) >= 11 is 0. The first kappa shape index (κ1) is 8.22. The maximum Gasteiger partial charge on any atom is 0.155 e. The Kier molecular flexibility index (Phi) is 2.61. The Bertz CT molecular complexity index is 189. The maximum absolute atomic E-state index is 11.3. The molecular formula is C8H11NO2. The number of ether oxygens (including phenoxy) is 1. The van der Waals surface area contributed by atoms with Crippen LogP contribution in [0, 0.1) is 23.2 Å². The fourth-order valence-corrected chi connectivity index (χ4v) is 1.18. The van der Waals surface area contributed by atoms with E-state index in [2.05, 4.69) is 0 Å². The van der Waals surface area contributed by atoms with Crippen molar-refractivity contribution in [3.05, 3.63) is 0 Å². The number of carbonyl (C=O) groups excluding carboxylic acids is 1. The minimum Gasteiger partial charge on any atom is -0.381 e. The van der Waals surface area contributed by atoms with Crippen LogP contribution < -0.4 is 0 Å². The molecule has 1 fully saturated rings. The van der Waals surface area contributed by atoms with Crippen LogP contribution in [0.2, 0.25) is 0 Å². The fourth-order valence-electron chi connectivity index (χ4n) is 1.18. The minimum atomic E-state index is -0.471. The molecule has 1 heterocycles. The van der Waals surface area contributed by atoms with E-state index in [4.69, 9.17) is 10.00 Å². The van der Waals surface area contributed by atoms with Crippen LogP contribution in [0.15, 0.2) is 0 Å². The highest BCUT2D eigenvalue weighted by Gasteiger charge is 2.26. The first-order valence-corrected chi connectivity index (χ1v) is 3.76. The predicted octanol–water partition coefficient (Wildman–Crippen LogP) is 0.752. The van der Waals surface area contributed by atoms with Gasteiger partial charge in [-0.2, -0.15) is 5.26 Å². The summed E-state index contributed by atoms with van der Waals surface area (Å²) in [5, 5.41) is 8.45. The van der Waals surface area contributed by atoms with E-state index in [0.717, 1.165) is 6.42 Å². The van der Waals surface area contributed by atoms with Crippen LogP contribution in [0.5, 0.6) is 0 Å². The molecule has 0 saturated carbocycles.